The van der Waals surface area contributed by atoms with Crippen molar-refractivity contribution in [2.24, 2.45) is 0 Å². The van der Waals surface area contributed by atoms with Gasteiger partial charge >= 0.3 is 6.03 Å². The standard InChI is InChI=1S/C18H22N6O/c25-18(23-9-5-16(13-23)22-7-1-2-8-22)21-12-15-3-4-17(20-11-15)24-10-6-19-14-24/h1-4,6,10-11,14,16H,5,7-9,12-13H2,(H,21,25)/t16-/m0/s1. The number of urea groups is 1. The second-order valence-electron chi connectivity index (χ2n) is 6.47. The summed E-state index contributed by atoms with van der Waals surface area (Å²) < 4.78 is 1.85. The number of carbonyl (C=O) groups is 1. The Morgan fingerprint density at radius 2 is 2.16 bits per heavy atom. The van der Waals surface area contributed by atoms with E-state index in [1.54, 1.807) is 18.7 Å². The molecular formula is C18H22N6O. The largest absolute Gasteiger partial charge is 0.334 e. The Bertz CT molecular complexity index is 731. The Balaban J connectivity index is 1.27. The third-order valence-corrected chi connectivity index (χ3v) is 4.84. The number of hydrogen-bond acceptors (Lipinski definition) is 4. The first-order valence-electron chi connectivity index (χ1n) is 8.65. The molecule has 7 heteroatoms. The molecular weight excluding hydrogens is 316 g/mol. The van der Waals surface area contributed by atoms with Gasteiger partial charge in [-0.3, -0.25) is 9.47 Å². The molecule has 0 radical (unpaired) electrons. The number of hydrogen-bond donors (Lipinski definition) is 1. The molecule has 0 spiro atoms. The van der Waals surface area contributed by atoms with Crippen molar-refractivity contribution < 1.29 is 4.79 Å². The van der Waals surface area contributed by atoms with Crippen LogP contribution in [0.4, 0.5) is 4.79 Å². The Morgan fingerprint density at radius 3 is 2.88 bits per heavy atom. The first-order chi connectivity index (χ1) is 12.3. The molecule has 1 N–H and O–H groups in total. The van der Waals surface area contributed by atoms with Crippen molar-refractivity contribution in [1.29, 1.82) is 0 Å². The second kappa shape index (κ2) is 7.06. The fourth-order valence-electron chi connectivity index (χ4n) is 3.37. The Morgan fingerprint density at radius 1 is 1.28 bits per heavy atom. The quantitative estimate of drug-likeness (QED) is 0.857. The van der Waals surface area contributed by atoms with E-state index in [0.29, 0.717) is 12.6 Å². The van der Waals surface area contributed by atoms with E-state index in [0.717, 1.165) is 44.0 Å². The minimum Gasteiger partial charge on any atom is -0.334 e. The van der Waals surface area contributed by atoms with Crippen molar-refractivity contribution >= 4 is 6.03 Å². The molecule has 1 atom stereocenters. The van der Waals surface area contributed by atoms with Gasteiger partial charge in [-0.25, -0.2) is 14.8 Å². The van der Waals surface area contributed by atoms with E-state index in [4.69, 9.17) is 0 Å². The number of nitrogens with zero attached hydrogens (tertiary/aromatic N) is 5. The van der Waals surface area contributed by atoms with Gasteiger partial charge in [0.05, 0.1) is 0 Å². The minimum absolute atomic E-state index is 0.00772. The zero-order valence-electron chi connectivity index (χ0n) is 14.1. The molecule has 0 aliphatic carbocycles. The highest BCUT2D eigenvalue weighted by Crippen LogP contribution is 2.17. The van der Waals surface area contributed by atoms with Crippen molar-refractivity contribution in [2.75, 3.05) is 26.2 Å². The molecule has 25 heavy (non-hydrogen) atoms. The van der Waals surface area contributed by atoms with Crippen LogP contribution in [0.3, 0.4) is 0 Å². The van der Waals surface area contributed by atoms with E-state index in [2.05, 4.69) is 32.3 Å². The molecule has 2 aromatic rings. The van der Waals surface area contributed by atoms with Crippen molar-refractivity contribution in [2.45, 2.75) is 19.0 Å². The number of rotatable bonds is 4. The van der Waals surface area contributed by atoms with E-state index in [9.17, 15) is 4.79 Å². The molecule has 2 aliphatic heterocycles. The zero-order valence-corrected chi connectivity index (χ0v) is 14.1. The maximum absolute atomic E-state index is 12.4. The minimum atomic E-state index is 0.00772. The van der Waals surface area contributed by atoms with Gasteiger partial charge in [0, 0.05) is 57.4 Å². The van der Waals surface area contributed by atoms with Crippen LogP contribution < -0.4 is 5.32 Å². The normalized spacial score (nSPS) is 20.3. The average molecular weight is 338 g/mol. The number of nitrogens with one attached hydrogen (secondary N) is 1. The molecule has 130 valence electrons. The first kappa shape index (κ1) is 15.8. The number of carbonyl (C=O) groups excluding carboxylic acids is 1. The van der Waals surface area contributed by atoms with Gasteiger partial charge in [-0.1, -0.05) is 18.2 Å². The van der Waals surface area contributed by atoms with Crippen LogP contribution in [-0.2, 0) is 6.54 Å². The van der Waals surface area contributed by atoms with Crippen LogP contribution in [0.15, 0.2) is 49.2 Å². The molecule has 2 aromatic heterocycles. The molecule has 0 unspecified atom stereocenters. The highest BCUT2D eigenvalue weighted by atomic mass is 16.2. The Labute approximate surface area is 147 Å². The predicted molar refractivity (Wildman–Crippen MR) is 94.3 cm³/mol. The Hall–Kier alpha value is -2.67. The summed E-state index contributed by atoms with van der Waals surface area (Å²) >= 11 is 0. The van der Waals surface area contributed by atoms with Crippen LogP contribution in [-0.4, -0.2) is 62.6 Å². The first-order valence-corrected chi connectivity index (χ1v) is 8.65. The van der Waals surface area contributed by atoms with E-state index in [1.807, 2.05) is 27.8 Å². The number of aromatic nitrogens is 3. The van der Waals surface area contributed by atoms with Gasteiger partial charge in [0.2, 0.25) is 0 Å². The fraction of sp³-hybridized carbons (Fsp3) is 0.389. The summed E-state index contributed by atoms with van der Waals surface area (Å²) in [5.74, 6) is 0.814. The monoisotopic (exact) mass is 338 g/mol. The third-order valence-electron chi connectivity index (χ3n) is 4.84. The van der Waals surface area contributed by atoms with Crippen molar-refractivity contribution in [3.8, 4) is 5.82 Å². The summed E-state index contributed by atoms with van der Waals surface area (Å²) in [5, 5.41) is 3.00. The fourth-order valence-corrected chi connectivity index (χ4v) is 3.37. The van der Waals surface area contributed by atoms with Gasteiger partial charge in [-0.05, 0) is 18.1 Å². The lowest BCUT2D eigenvalue weighted by Crippen LogP contribution is -2.41. The molecule has 0 saturated carbocycles. The van der Waals surface area contributed by atoms with E-state index in [1.165, 1.54) is 0 Å². The summed E-state index contributed by atoms with van der Waals surface area (Å²) in [6, 6.07) is 4.39. The van der Waals surface area contributed by atoms with Crippen LogP contribution >= 0.6 is 0 Å². The third kappa shape index (κ3) is 3.56. The van der Waals surface area contributed by atoms with Crippen LogP contribution in [0.5, 0.6) is 0 Å². The number of imidazole rings is 1. The maximum atomic E-state index is 12.4. The Kier molecular flexibility index (Phi) is 4.47. The molecule has 2 amide bonds. The number of pyridine rings is 1. The molecule has 0 aromatic carbocycles. The van der Waals surface area contributed by atoms with E-state index >= 15 is 0 Å². The number of amides is 2. The molecule has 4 rings (SSSR count). The highest BCUT2D eigenvalue weighted by Gasteiger charge is 2.30. The van der Waals surface area contributed by atoms with Gasteiger partial charge in [0.25, 0.3) is 0 Å². The SMILES string of the molecule is O=C(NCc1ccc(-n2ccnc2)nc1)N1CC[C@H](N2CC=CC2)C1. The molecule has 1 fully saturated rings. The van der Waals surface area contributed by atoms with Crippen molar-refractivity contribution in [3.63, 3.8) is 0 Å². The summed E-state index contributed by atoms with van der Waals surface area (Å²) in [4.78, 5) is 25.1. The van der Waals surface area contributed by atoms with Crippen molar-refractivity contribution in [3.05, 3.63) is 54.8 Å². The van der Waals surface area contributed by atoms with Crippen LogP contribution in [0, 0.1) is 0 Å². The van der Waals surface area contributed by atoms with Gasteiger partial charge < -0.3 is 10.2 Å². The smallest absolute Gasteiger partial charge is 0.317 e. The summed E-state index contributed by atoms with van der Waals surface area (Å²) in [6.45, 7) is 4.14. The lowest BCUT2D eigenvalue weighted by Gasteiger charge is -2.23. The second-order valence-corrected chi connectivity index (χ2v) is 6.47. The van der Waals surface area contributed by atoms with Crippen molar-refractivity contribution in [1.82, 2.24) is 29.7 Å². The predicted octanol–water partition coefficient (Wildman–Crippen LogP) is 1.42. The van der Waals surface area contributed by atoms with Gasteiger partial charge in [-0.15, -0.1) is 0 Å². The molecule has 0 bridgehead atoms. The van der Waals surface area contributed by atoms with E-state index in [-0.39, 0.29) is 6.03 Å². The summed E-state index contributed by atoms with van der Waals surface area (Å²) in [7, 11) is 0. The summed E-state index contributed by atoms with van der Waals surface area (Å²) in [6.07, 6.45) is 12.5. The number of likely N-dealkylation sites (tertiary alicyclic amines) is 1. The lowest BCUT2D eigenvalue weighted by molar-refractivity contribution is 0.199. The van der Waals surface area contributed by atoms with Gasteiger partial charge in [0.15, 0.2) is 0 Å². The van der Waals surface area contributed by atoms with Gasteiger partial charge in [-0.2, -0.15) is 0 Å². The molecule has 1 saturated heterocycles. The highest BCUT2D eigenvalue weighted by molar-refractivity contribution is 5.74. The maximum Gasteiger partial charge on any atom is 0.317 e. The molecule has 7 nitrogen and oxygen atoms in total. The lowest BCUT2D eigenvalue weighted by atomic mass is 10.2. The van der Waals surface area contributed by atoms with E-state index < -0.39 is 0 Å². The molecule has 2 aliphatic rings. The molecule has 4 heterocycles. The zero-order chi connectivity index (χ0) is 17.1. The van der Waals surface area contributed by atoms with Crippen LogP contribution in [0.2, 0.25) is 0 Å². The van der Waals surface area contributed by atoms with Crippen LogP contribution in [0.25, 0.3) is 5.82 Å². The summed E-state index contributed by atoms with van der Waals surface area (Å²) in [5.41, 5.74) is 0.983. The van der Waals surface area contributed by atoms with Crippen LogP contribution in [0.1, 0.15) is 12.0 Å². The van der Waals surface area contributed by atoms with Gasteiger partial charge in [0.1, 0.15) is 12.1 Å². The average Bonchev–Trinajstić information content (AvgIpc) is 3.42. The topological polar surface area (TPSA) is 66.3 Å².